The van der Waals surface area contributed by atoms with E-state index in [4.69, 9.17) is 12.6 Å². The molecule has 1 aromatic carbocycles. The molecule has 6 nitrogen and oxygen atoms in total. The number of carbonyl (C=O) groups is 2. The normalized spacial score (nSPS) is 34.5. The summed E-state index contributed by atoms with van der Waals surface area (Å²) in [6, 6.07) is 7.57. The van der Waals surface area contributed by atoms with Gasteiger partial charge in [-0.15, -0.1) is 0 Å². The fourth-order valence-electron chi connectivity index (χ4n) is 4.79. The van der Waals surface area contributed by atoms with Crippen molar-refractivity contribution in [2.24, 2.45) is 0 Å². The van der Waals surface area contributed by atoms with E-state index in [1.54, 1.807) is 0 Å². The molecular formula is C18H22N4O2S. The molecule has 0 spiro atoms. The van der Waals surface area contributed by atoms with Crippen molar-refractivity contribution < 1.29 is 9.59 Å². The number of hydrogen-bond donors (Lipinski definition) is 3. The smallest absolute Gasteiger partial charge is 0.243 e. The Balaban J connectivity index is 1.38. The van der Waals surface area contributed by atoms with E-state index in [9.17, 15) is 9.59 Å². The summed E-state index contributed by atoms with van der Waals surface area (Å²) in [5, 5.41) is 5.84. The van der Waals surface area contributed by atoms with Gasteiger partial charge in [-0.2, -0.15) is 12.6 Å². The van der Waals surface area contributed by atoms with Gasteiger partial charge in [-0.1, -0.05) is 6.07 Å². The van der Waals surface area contributed by atoms with Crippen LogP contribution in [-0.4, -0.2) is 47.9 Å². The number of nitrogens with one attached hydrogen (secondary N) is 2. The lowest BCUT2D eigenvalue weighted by Gasteiger charge is -2.54. The largest absolute Gasteiger partial charge is 0.363 e. The van der Waals surface area contributed by atoms with Crippen LogP contribution in [0.5, 0.6) is 0 Å². The predicted molar refractivity (Wildman–Crippen MR) is 97.4 cm³/mol. The number of benzene rings is 1. The van der Waals surface area contributed by atoms with Gasteiger partial charge in [0, 0.05) is 43.8 Å². The second kappa shape index (κ2) is 5.72. The SMILES string of the molecule is O=C1CCC(N2Cc3cc(N4C5CNCC4C5)ccc3C2S)C(=O)N1. The minimum atomic E-state index is -0.274. The number of amides is 2. The van der Waals surface area contributed by atoms with E-state index >= 15 is 0 Å². The average Bonchev–Trinajstić information content (AvgIpc) is 2.92. The van der Waals surface area contributed by atoms with Crippen LogP contribution in [0.2, 0.25) is 0 Å². The van der Waals surface area contributed by atoms with Gasteiger partial charge in [-0.25, -0.2) is 0 Å². The zero-order valence-corrected chi connectivity index (χ0v) is 14.8. The first-order valence-corrected chi connectivity index (χ1v) is 9.53. The molecule has 0 aliphatic carbocycles. The Kier molecular flexibility index (Phi) is 3.59. The molecule has 3 fully saturated rings. The number of fused-ring (bicyclic) bond motifs is 3. The van der Waals surface area contributed by atoms with E-state index in [-0.39, 0.29) is 23.2 Å². The number of piperidine rings is 2. The lowest BCUT2D eigenvalue weighted by atomic mass is 9.87. The van der Waals surface area contributed by atoms with Crippen LogP contribution in [0.15, 0.2) is 18.2 Å². The number of rotatable bonds is 2. The summed E-state index contributed by atoms with van der Waals surface area (Å²) in [6.07, 6.45) is 2.26. The van der Waals surface area contributed by atoms with Crippen molar-refractivity contribution >= 4 is 30.1 Å². The highest BCUT2D eigenvalue weighted by molar-refractivity contribution is 7.80. The van der Waals surface area contributed by atoms with Gasteiger partial charge in [0.2, 0.25) is 11.8 Å². The second-order valence-electron chi connectivity index (χ2n) is 7.50. The van der Waals surface area contributed by atoms with Crippen LogP contribution in [0.1, 0.15) is 35.8 Å². The summed E-state index contributed by atoms with van der Waals surface area (Å²) in [5.74, 6) is -0.361. The number of thiol groups is 1. The van der Waals surface area contributed by atoms with E-state index in [2.05, 4.69) is 38.6 Å². The van der Waals surface area contributed by atoms with Gasteiger partial charge in [-0.3, -0.25) is 19.8 Å². The lowest BCUT2D eigenvalue weighted by Crippen LogP contribution is -2.68. The molecule has 4 unspecified atom stereocenters. The van der Waals surface area contributed by atoms with Crippen LogP contribution in [0.25, 0.3) is 0 Å². The first-order chi connectivity index (χ1) is 12.1. The van der Waals surface area contributed by atoms with Gasteiger partial charge >= 0.3 is 0 Å². The maximum atomic E-state index is 12.2. The highest BCUT2D eigenvalue weighted by Crippen LogP contribution is 2.42. The number of piperazine rings is 1. The van der Waals surface area contributed by atoms with Crippen LogP contribution in [0, 0.1) is 0 Å². The van der Waals surface area contributed by atoms with E-state index < -0.39 is 0 Å². The molecule has 1 aromatic rings. The molecule has 7 heteroatoms. The third-order valence-electron chi connectivity index (χ3n) is 6.07. The molecular weight excluding hydrogens is 336 g/mol. The van der Waals surface area contributed by atoms with Gasteiger partial charge in [-0.05, 0) is 36.1 Å². The van der Waals surface area contributed by atoms with Gasteiger partial charge in [0.05, 0.1) is 11.4 Å². The molecule has 4 aliphatic heterocycles. The number of nitrogens with zero attached hydrogens (tertiary/aromatic N) is 2. The van der Waals surface area contributed by atoms with Crippen LogP contribution in [-0.2, 0) is 16.1 Å². The van der Waals surface area contributed by atoms with Crippen molar-refractivity contribution in [3.63, 3.8) is 0 Å². The minimum Gasteiger partial charge on any atom is -0.363 e. The fourth-order valence-corrected chi connectivity index (χ4v) is 5.28. The monoisotopic (exact) mass is 358 g/mol. The van der Waals surface area contributed by atoms with Crippen molar-refractivity contribution in [1.82, 2.24) is 15.5 Å². The van der Waals surface area contributed by atoms with Gasteiger partial charge in [0.25, 0.3) is 0 Å². The summed E-state index contributed by atoms with van der Waals surface area (Å²) >= 11 is 4.77. The Labute approximate surface area is 152 Å². The topological polar surface area (TPSA) is 64.7 Å². The fraction of sp³-hybridized carbons (Fsp3) is 0.556. The summed E-state index contributed by atoms with van der Waals surface area (Å²) < 4.78 is 0. The second-order valence-corrected chi connectivity index (χ2v) is 7.99. The van der Waals surface area contributed by atoms with Crippen LogP contribution in [0.4, 0.5) is 5.69 Å². The molecule has 2 N–H and O–H groups in total. The highest BCUT2D eigenvalue weighted by Gasteiger charge is 2.43. The molecule has 4 aliphatic rings. The lowest BCUT2D eigenvalue weighted by molar-refractivity contribution is -0.137. The first-order valence-electron chi connectivity index (χ1n) is 9.01. The van der Waals surface area contributed by atoms with E-state index in [1.165, 1.54) is 23.2 Å². The van der Waals surface area contributed by atoms with Crippen LogP contribution in [0.3, 0.4) is 0 Å². The van der Waals surface area contributed by atoms with E-state index in [1.807, 2.05) is 0 Å². The van der Waals surface area contributed by atoms with Crippen molar-refractivity contribution in [2.75, 3.05) is 18.0 Å². The van der Waals surface area contributed by atoms with Gasteiger partial charge < -0.3 is 10.2 Å². The molecule has 0 radical (unpaired) electrons. The number of carbonyl (C=O) groups excluding carboxylic acids is 2. The van der Waals surface area contributed by atoms with Crippen molar-refractivity contribution in [1.29, 1.82) is 0 Å². The standard InChI is InChI=1S/C18H22N4O2S/c23-16-4-3-15(17(24)20-16)21-9-10-5-11(1-2-14(10)18(21)25)22-12-6-13(22)8-19-7-12/h1-2,5,12-13,15,18-19,25H,3-4,6-9H2,(H,20,23,24). The van der Waals surface area contributed by atoms with Crippen LogP contribution < -0.4 is 15.5 Å². The third kappa shape index (κ3) is 2.40. The molecule has 2 amide bonds. The van der Waals surface area contributed by atoms with Gasteiger partial charge in [0.15, 0.2) is 0 Å². The Morgan fingerprint density at radius 3 is 2.68 bits per heavy atom. The number of hydrogen-bond acceptors (Lipinski definition) is 6. The summed E-state index contributed by atoms with van der Waals surface area (Å²) in [5.41, 5.74) is 3.72. The Hall–Kier alpha value is -1.57. The Bertz CT molecular complexity index is 741. The molecule has 4 heterocycles. The van der Waals surface area contributed by atoms with Crippen molar-refractivity contribution in [3.05, 3.63) is 29.3 Å². The highest BCUT2D eigenvalue weighted by atomic mass is 32.1. The van der Waals surface area contributed by atoms with Crippen LogP contribution >= 0.6 is 12.6 Å². The molecule has 2 bridgehead atoms. The summed E-state index contributed by atoms with van der Waals surface area (Å²) in [6.45, 7) is 2.83. The average molecular weight is 358 g/mol. The quantitative estimate of drug-likeness (QED) is 0.539. The predicted octanol–water partition coefficient (Wildman–Crippen LogP) is 0.786. The molecule has 5 rings (SSSR count). The van der Waals surface area contributed by atoms with E-state index in [0.717, 1.165) is 13.1 Å². The molecule has 25 heavy (non-hydrogen) atoms. The third-order valence-corrected chi connectivity index (χ3v) is 6.65. The maximum Gasteiger partial charge on any atom is 0.243 e. The minimum absolute atomic E-state index is 0.0921. The molecule has 0 aromatic heterocycles. The summed E-state index contributed by atoms with van der Waals surface area (Å²) in [4.78, 5) is 28.3. The Morgan fingerprint density at radius 2 is 1.96 bits per heavy atom. The summed E-state index contributed by atoms with van der Waals surface area (Å²) in [7, 11) is 0. The zero-order valence-electron chi connectivity index (χ0n) is 13.9. The van der Waals surface area contributed by atoms with E-state index in [0.29, 0.717) is 31.5 Å². The Morgan fingerprint density at radius 1 is 1.16 bits per heavy atom. The number of imide groups is 1. The zero-order chi connectivity index (χ0) is 17.1. The number of anilines is 1. The maximum absolute atomic E-state index is 12.2. The first kappa shape index (κ1) is 15.7. The van der Waals surface area contributed by atoms with Crippen molar-refractivity contribution in [3.8, 4) is 0 Å². The molecule has 132 valence electrons. The van der Waals surface area contributed by atoms with Gasteiger partial charge in [0.1, 0.15) is 0 Å². The molecule has 4 atom stereocenters. The molecule has 3 saturated heterocycles. The van der Waals surface area contributed by atoms with Crippen molar-refractivity contribution in [2.45, 2.75) is 49.3 Å². The molecule has 0 saturated carbocycles.